The van der Waals surface area contributed by atoms with Gasteiger partial charge >= 0.3 is 0 Å². The third-order valence-corrected chi connectivity index (χ3v) is 3.55. The van der Waals surface area contributed by atoms with Gasteiger partial charge in [0.2, 0.25) is 5.88 Å². The van der Waals surface area contributed by atoms with Gasteiger partial charge in [-0.2, -0.15) is 0 Å². The number of anilines is 1. The molecule has 1 N–H and O–H groups in total. The Morgan fingerprint density at radius 3 is 2.57 bits per heavy atom. The van der Waals surface area contributed by atoms with Gasteiger partial charge in [-0.05, 0) is 35.9 Å². The zero-order valence-electron chi connectivity index (χ0n) is 13.0. The summed E-state index contributed by atoms with van der Waals surface area (Å²) < 4.78 is 24.4. The van der Waals surface area contributed by atoms with E-state index >= 15 is 0 Å². The maximum absolute atomic E-state index is 13.5. The molecule has 0 saturated carbocycles. The summed E-state index contributed by atoms with van der Waals surface area (Å²) in [5.74, 6) is 1.00. The topological polar surface area (TPSA) is 43.4 Å². The summed E-state index contributed by atoms with van der Waals surface area (Å²) in [6.45, 7) is 0.401. The molecular formula is C18H17FN2O2. The minimum absolute atomic E-state index is 0.296. The first-order valence-electron chi connectivity index (χ1n) is 7.23. The van der Waals surface area contributed by atoms with Crippen LogP contribution in [0.25, 0.3) is 10.9 Å². The molecule has 0 unspecified atom stereocenters. The van der Waals surface area contributed by atoms with Gasteiger partial charge in [0.25, 0.3) is 0 Å². The third-order valence-electron chi connectivity index (χ3n) is 3.55. The normalized spacial score (nSPS) is 10.6. The number of aromatic nitrogens is 1. The first kappa shape index (κ1) is 15.1. The van der Waals surface area contributed by atoms with Gasteiger partial charge in [-0.3, -0.25) is 0 Å². The summed E-state index contributed by atoms with van der Waals surface area (Å²) in [7, 11) is 3.37. The summed E-state index contributed by atoms with van der Waals surface area (Å²) >= 11 is 0. The molecule has 0 radical (unpaired) electrons. The predicted octanol–water partition coefficient (Wildman–Crippen LogP) is 4.00. The van der Waals surface area contributed by atoms with Crippen molar-refractivity contribution in [1.29, 1.82) is 0 Å². The van der Waals surface area contributed by atoms with Crippen molar-refractivity contribution in [3.05, 3.63) is 59.9 Å². The highest BCUT2D eigenvalue weighted by molar-refractivity contribution is 5.90. The number of rotatable bonds is 5. The lowest BCUT2D eigenvalue weighted by Gasteiger charge is -2.09. The van der Waals surface area contributed by atoms with Crippen molar-refractivity contribution in [2.24, 2.45) is 0 Å². The van der Waals surface area contributed by atoms with E-state index < -0.39 is 0 Å². The molecule has 1 heterocycles. The average Bonchev–Trinajstić information content (AvgIpc) is 2.59. The van der Waals surface area contributed by atoms with Crippen LogP contribution >= 0.6 is 0 Å². The Hall–Kier alpha value is -2.82. The van der Waals surface area contributed by atoms with E-state index in [2.05, 4.69) is 10.3 Å². The molecule has 0 saturated heterocycles. The summed E-state index contributed by atoms with van der Waals surface area (Å²) in [5, 5.41) is 3.68. The number of hydrogen-bond donors (Lipinski definition) is 1. The van der Waals surface area contributed by atoms with Crippen molar-refractivity contribution in [3.63, 3.8) is 0 Å². The first-order valence-corrected chi connectivity index (χ1v) is 7.23. The molecule has 0 aliphatic carbocycles. The molecule has 5 heteroatoms. The number of nitrogens with zero attached hydrogens (tertiary/aromatic N) is 1. The van der Waals surface area contributed by atoms with Gasteiger partial charge in [0.05, 0.1) is 18.3 Å². The van der Waals surface area contributed by atoms with E-state index in [4.69, 9.17) is 9.47 Å². The summed E-state index contributed by atoms with van der Waals surface area (Å²) in [5.41, 5.74) is 2.33. The summed E-state index contributed by atoms with van der Waals surface area (Å²) in [6.07, 6.45) is 0. The number of pyridine rings is 1. The number of methoxy groups -OCH3 is 1. The van der Waals surface area contributed by atoms with Crippen molar-refractivity contribution >= 4 is 16.6 Å². The van der Waals surface area contributed by atoms with E-state index in [1.165, 1.54) is 12.1 Å². The van der Waals surface area contributed by atoms with E-state index in [9.17, 15) is 4.39 Å². The highest BCUT2D eigenvalue weighted by Crippen LogP contribution is 2.25. The number of halogens is 1. The van der Waals surface area contributed by atoms with E-state index in [1.54, 1.807) is 26.3 Å². The standard InChI is InChI=1S/C18H17FN2O2/c1-20-16-10-14(19)9-13-5-8-17(21-18(13)16)23-11-12-3-6-15(22-2)7-4-12/h3-10,20H,11H2,1-2H3. The van der Waals surface area contributed by atoms with Gasteiger partial charge < -0.3 is 14.8 Å². The highest BCUT2D eigenvalue weighted by atomic mass is 19.1. The molecule has 23 heavy (non-hydrogen) atoms. The Bertz CT molecular complexity index is 819. The second kappa shape index (κ2) is 6.52. The van der Waals surface area contributed by atoms with Gasteiger partial charge in [0.1, 0.15) is 18.2 Å². The van der Waals surface area contributed by atoms with E-state index in [0.717, 1.165) is 16.7 Å². The van der Waals surface area contributed by atoms with Gasteiger partial charge in [0.15, 0.2) is 0 Å². The SMILES string of the molecule is CNc1cc(F)cc2ccc(OCc3ccc(OC)cc3)nc12. The molecule has 0 bridgehead atoms. The van der Waals surface area contributed by atoms with Crippen molar-refractivity contribution < 1.29 is 13.9 Å². The monoisotopic (exact) mass is 312 g/mol. The fourth-order valence-electron chi connectivity index (χ4n) is 2.33. The molecule has 0 aliphatic heterocycles. The van der Waals surface area contributed by atoms with Crippen LogP contribution in [0.5, 0.6) is 11.6 Å². The smallest absolute Gasteiger partial charge is 0.214 e. The molecule has 0 aliphatic rings. The van der Waals surface area contributed by atoms with Gasteiger partial charge in [0, 0.05) is 18.5 Å². The molecular weight excluding hydrogens is 295 g/mol. The highest BCUT2D eigenvalue weighted by Gasteiger charge is 2.07. The number of ether oxygens (including phenoxy) is 2. The Balaban J connectivity index is 1.81. The Kier molecular flexibility index (Phi) is 4.28. The molecule has 0 atom stereocenters. The molecule has 3 aromatic rings. The molecule has 118 valence electrons. The third kappa shape index (κ3) is 3.34. The largest absolute Gasteiger partial charge is 0.497 e. The van der Waals surface area contributed by atoms with E-state index in [-0.39, 0.29) is 5.82 Å². The van der Waals surface area contributed by atoms with Gasteiger partial charge in [-0.1, -0.05) is 12.1 Å². The van der Waals surface area contributed by atoms with E-state index in [0.29, 0.717) is 23.7 Å². The van der Waals surface area contributed by atoms with Crippen molar-refractivity contribution in [3.8, 4) is 11.6 Å². The van der Waals surface area contributed by atoms with Crippen molar-refractivity contribution in [2.75, 3.05) is 19.5 Å². The number of fused-ring (bicyclic) bond motifs is 1. The van der Waals surface area contributed by atoms with Crippen LogP contribution in [0.2, 0.25) is 0 Å². The molecule has 0 fully saturated rings. The Labute approximate surface area is 133 Å². The molecule has 2 aromatic carbocycles. The van der Waals surface area contributed by atoms with Crippen LogP contribution in [0.4, 0.5) is 10.1 Å². The van der Waals surface area contributed by atoms with Crippen LogP contribution in [-0.4, -0.2) is 19.1 Å². The van der Waals surface area contributed by atoms with Gasteiger partial charge in [-0.25, -0.2) is 9.37 Å². The molecule has 3 rings (SSSR count). The summed E-state index contributed by atoms with van der Waals surface area (Å²) in [4.78, 5) is 4.46. The van der Waals surface area contributed by atoms with Crippen LogP contribution in [0, 0.1) is 5.82 Å². The van der Waals surface area contributed by atoms with Crippen LogP contribution in [0.15, 0.2) is 48.5 Å². The zero-order chi connectivity index (χ0) is 16.2. The fraction of sp³-hybridized carbons (Fsp3) is 0.167. The number of nitrogens with one attached hydrogen (secondary N) is 1. The van der Waals surface area contributed by atoms with Crippen LogP contribution in [0.1, 0.15) is 5.56 Å². The average molecular weight is 312 g/mol. The first-order chi connectivity index (χ1) is 11.2. The van der Waals surface area contributed by atoms with Crippen LogP contribution < -0.4 is 14.8 Å². The lowest BCUT2D eigenvalue weighted by molar-refractivity contribution is 0.295. The maximum atomic E-state index is 13.5. The zero-order valence-corrected chi connectivity index (χ0v) is 13.0. The van der Waals surface area contributed by atoms with Crippen molar-refractivity contribution in [2.45, 2.75) is 6.61 Å². The predicted molar refractivity (Wildman–Crippen MR) is 88.6 cm³/mol. The summed E-state index contributed by atoms with van der Waals surface area (Å²) in [6, 6.07) is 14.1. The Morgan fingerprint density at radius 2 is 1.87 bits per heavy atom. The lowest BCUT2D eigenvalue weighted by Crippen LogP contribution is -1.99. The van der Waals surface area contributed by atoms with Gasteiger partial charge in [-0.15, -0.1) is 0 Å². The molecule has 4 nitrogen and oxygen atoms in total. The van der Waals surface area contributed by atoms with Crippen LogP contribution in [0.3, 0.4) is 0 Å². The Morgan fingerprint density at radius 1 is 1.09 bits per heavy atom. The maximum Gasteiger partial charge on any atom is 0.214 e. The second-order valence-electron chi connectivity index (χ2n) is 5.06. The van der Waals surface area contributed by atoms with Crippen molar-refractivity contribution in [1.82, 2.24) is 4.98 Å². The molecule has 0 amide bonds. The molecule has 0 spiro atoms. The molecule has 1 aromatic heterocycles. The number of hydrogen-bond acceptors (Lipinski definition) is 4. The fourth-order valence-corrected chi connectivity index (χ4v) is 2.33. The quantitative estimate of drug-likeness (QED) is 0.773. The number of benzene rings is 2. The minimum atomic E-state index is -0.296. The second-order valence-corrected chi connectivity index (χ2v) is 5.06. The lowest BCUT2D eigenvalue weighted by atomic mass is 10.2. The van der Waals surface area contributed by atoms with E-state index in [1.807, 2.05) is 24.3 Å². The minimum Gasteiger partial charge on any atom is -0.497 e. The van der Waals surface area contributed by atoms with Crippen LogP contribution in [-0.2, 0) is 6.61 Å².